The summed E-state index contributed by atoms with van der Waals surface area (Å²) in [7, 11) is 2.00. The van der Waals surface area contributed by atoms with Crippen molar-refractivity contribution in [1.82, 2.24) is 10.2 Å². The SMILES string of the molecule is Cc1ccccc1CN(C)[C@H](C)C(=O)NC1CC1. The summed E-state index contributed by atoms with van der Waals surface area (Å²) in [5.74, 6) is 0.147. The first kappa shape index (κ1) is 13.1. The molecule has 3 nitrogen and oxygen atoms in total. The highest BCUT2D eigenvalue weighted by Crippen LogP contribution is 2.19. The first-order valence-corrected chi connectivity index (χ1v) is 6.63. The quantitative estimate of drug-likeness (QED) is 0.863. The Balaban J connectivity index is 1.92. The standard InChI is InChI=1S/C15H22N2O/c1-11-6-4-5-7-13(11)10-17(3)12(2)15(18)16-14-8-9-14/h4-7,12,14H,8-10H2,1-3H3,(H,16,18)/t12-/m1/s1. The topological polar surface area (TPSA) is 32.3 Å². The van der Waals surface area contributed by atoms with Gasteiger partial charge >= 0.3 is 0 Å². The van der Waals surface area contributed by atoms with E-state index in [9.17, 15) is 4.79 Å². The maximum absolute atomic E-state index is 12.0. The van der Waals surface area contributed by atoms with Crippen molar-refractivity contribution >= 4 is 5.91 Å². The molecule has 1 aliphatic rings. The molecular formula is C15H22N2O. The van der Waals surface area contributed by atoms with Crippen molar-refractivity contribution in [3.63, 3.8) is 0 Å². The van der Waals surface area contributed by atoms with Gasteiger partial charge < -0.3 is 5.32 Å². The minimum atomic E-state index is -0.0785. The van der Waals surface area contributed by atoms with Gasteiger partial charge in [0.15, 0.2) is 0 Å². The van der Waals surface area contributed by atoms with Crippen LogP contribution in [-0.4, -0.2) is 29.9 Å². The van der Waals surface area contributed by atoms with Crippen LogP contribution in [0.25, 0.3) is 0 Å². The van der Waals surface area contributed by atoms with Gasteiger partial charge in [0.25, 0.3) is 0 Å². The van der Waals surface area contributed by atoms with Crippen LogP contribution in [-0.2, 0) is 11.3 Å². The Kier molecular flexibility index (Phi) is 4.02. The maximum atomic E-state index is 12.0. The predicted molar refractivity (Wildman–Crippen MR) is 73.3 cm³/mol. The van der Waals surface area contributed by atoms with Gasteiger partial charge in [-0.2, -0.15) is 0 Å². The molecule has 0 aliphatic heterocycles. The third kappa shape index (κ3) is 3.33. The fourth-order valence-electron chi connectivity index (χ4n) is 1.94. The molecule has 0 saturated heterocycles. The van der Waals surface area contributed by atoms with Crippen LogP contribution >= 0.6 is 0 Å². The molecular weight excluding hydrogens is 224 g/mol. The van der Waals surface area contributed by atoms with Crippen LogP contribution in [0.3, 0.4) is 0 Å². The van der Waals surface area contributed by atoms with Gasteiger partial charge in [-0.1, -0.05) is 24.3 Å². The van der Waals surface area contributed by atoms with Crippen LogP contribution in [0.1, 0.15) is 30.9 Å². The molecule has 2 rings (SSSR count). The molecule has 0 radical (unpaired) electrons. The lowest BCUT2D eigenvalue weighted by molar-refractivity contribution is -0.125. The van der Waals surface area contributed by atoms with Crippen LogP contribution in [0.5, 0.6) is 0 Å². The van der Waals surface area contributed by atoms with Crippen LogP contribution in [0, 0.1) is 6.92 Å². The van der Waals surface area contributed by atoms with Crippen molar-refractivity contribution in [2.24, 2.45) is 0 Å². The number of hydrogen-bond donors (Lipinski definition) is 1. The van der Waals surface area contributed by atoms with E-state index >= 15 is 0 Å². The minimum absolute atomic E-state index is 0.0785. The number of hydrogen-bond acceptors (Lipinski definition) is 2. The molecule has 0 unspecified atom stereocenters. The highest BCUT2D eigenvalue weighted by Gasteiger charge is 2.27. The second-order valence-corrected chi connectivity index (χ2v) is 5.30. The van der Waals surface area contributed by atoms with Crippen LogP contribution in [0.4, 0.5) is 0 Å². The molecule has 1 amide bonds. The van der Waals surface area contributed by atoms with E-state index in [1.54, 1.807) is 0 Å². The minimum Gasteiger partial charge on any atom is -0.352 e. The molecule has 1 aromatic rings. The van der Waals surface area contributed by atoms with E-state index in [4.69, 9.17) is 0 Å². The first-order valence-electron chi connectivity index (χ1n) is 6.63. The molecule has 0 spiro atoms. The molecule has 0 aromatic heterocycles. The lowest BCUT2D eigenvalue weighted by Gasteiger charge is -2.24. The van der Waals surface area contributed by atoms with E-state index in [-0.39, 0.29) is 11.9 Å². The average molecular weight is 246 g/mol. The van der Waals surface area contributed by atoms with Gasteiger partial charge in [0.2, 0.25) is 5.91 Å². The van der Waals surface area contributed by atoms with Crippen molar-refractivity contribution in [3.05, 3.63) is 35.4 Å². The van der Waals surface area contributed by atoms with Gasteiger partial charge in [0.1, 0.15) is 0 Å². The summed E-state index contributed by atoms with van der Waals surface area (Å²) in [4.78, 5) is 14.1. The Morgan fingerprint density at radius 2 is 2.11 bits per heavy atom. The van der Waals surface area contributed by atoms with Crippen molar-refractivity contribution in [3.8, 4) is 0 Å². The lowest BCUT2D eigenvalue weighted by atomic mass is 10.1. The summed E-state index contributed by atoms with van der Waals surface area (Å²) in [6.45, 7) is 4.89. The number of nitrogens with one attached hydrogen (secondary N) is 1. The van der Waals surface area contributed by atoms with Crippen LogP contribution in [0.15, 0.2) is 24.3 Å². The van der Waals surface area contributed by atoms with Gasteiger partial charge in [-0.25, -0.2) is 0 Å². The van der Waals surface area contributed by atoms with Gasteiger partial charge in [-0.3, -0.25) is 9.69 Å². The van der Waals surface area contributed by atoms with Crippen molar-refractivity contribution in [2.45, 2.75) is 45.3 Å². The van der Waals surface area contributed by atoms with E-state index in [1.807, 2.05) is 26.1 Å². The van der Waals surface area contributed by atoms with Gasteiger partial charge in [-0.15, -0.1) is 0 Å². The fourth-order valence-corrected chi connectivity index (χ4v) is 1.94. The van der Waals surface area contributed by atoms with Gasteiger partial charge in [-0.05, 0) is 44.9 Å². The number of likely N-dealkylation sites (N-methyl/N-ethyl adjacent to an activating group) is 1. The molecule has 1 fully saturated rings. The molecule has 1 aliphatic carbocycles. The number of benzene rings is 1. The summed E-state index contributed by atoms with van der Waals surface area (Å²) < 4.78 is 0. The lowest BCUT2D eigenvalue weighted by Crippen LogP contribution is -2.43. The zero-order valence-corrected chi connectivity index (χ0v) is 11.4. The zero-order chi connectivity index (χ0) is 13.1. The summed E-state index contributed by atoms with van der Waals surface area (Å²) in [6.07, 6.45) is 2.28. The molecule has 0 heterocycles. The average Bonchev–Trinajstić information content (AvgIpc) is 3.15. The maximum Gasteiger partial charge on any atom is 0.237 e. The molecule has 1 aromatic carbocycles. The van der Waals surface area contributed by atoms with Crippen molar-refractivity contribution in [1.29, 1.82) is 0 Å². The zero-order valence-electron chi connectivity index (χ0n) is 11.4. The number of nitrogens with zero attached hydrogens (tertiary/aromatic N) is 1. The summed E-state index contributed by atoms with van der Waals surface area (Å²) in [6, 6.07) is 8.68. The van der Waals surface area contributed by atoms with E-state index in [0.717, 1.165) is 19.4 Å². The molecule has 98 valence electrons. The highest BCUT2D eigenvalue weighted by molar-refractivity contribution is 5.81. The van der Waals surface area contributed by atoms with Crippen molar-refractivity contribution < 1.29 is 4.79 Å². The van der Waals surface area contributed by atoms with E-state index in [2.05, 4.69) is 29.3 Å². The largest absolute Gasteiger partial charge is 0.352 e. The third-order valence-corrected chi connectivity index (χ3v) is 3.65. The number of aryl methyl sites for hydroxylation is 1. The van der Waals surface area contributed by atoms with E-state index in [1.165, 1.54) is 11.1 Å². The number of carbonyl (C=O) groups is 1. The number of carbonyl (C=O) groups excluding carboxylic acids is 1. The predicted octanol–water partition coefficient (Wildman–Crippen LogP) is 2.09. The summed E-state index contributed by atoms with van der Waals surface area (Å²) >= 11 is 0. The Labute approximate surface area is 109 Å². The Morgan fingerprint density at radius 3 is 2.72 bits per heavy atom. The third-order valence-electron chi connectivity index (χ3n) is 3.65. The number of rotatable bonds is 5. The Morgan fingerprint density at radius 1 is 1.44 bits per heavy atom. The Hall–Kier alpha value is -1.35. The second kappa shape index (κ2) is 5.53. The molecule has 1 N–H and O–H groups in total. The van der Waals surface area contributed by atoms with E-state index < -0.39 is 0 Å². The van der Waals surface area contributed by atoms with E-state index in [0.29, 0.717) is 6.04 Å². The first-order chi connectivity index (χ1) is 8.58. The van der Waals surface area contributed by atoms with Crippen LogP contribution in [0.2, 0.25) is 0 Å². The normalized spacial score (nSPS) is 16.7. The van der Waals surface area contributed by atoms with Crippen molar-refractivity contribution in [2.75, 3.05) is 7.05 Å². The fraction of sp³-hybridized carbons (Fsp3) is 0.533. The second-order valence-electron chi connectivity index (χ2n) is 5.30. The Bertz CT molecular complexity index is 426. The van der Waals surface area contributed by atoms with Gasteiger partial charge in [0, 0.05) is 12.6 Å². The molecule has 18 heavy (non-hydrogen) atoms. The molecule has 3 heteroatoms. The highest BCUT2D eigenvalue weighted by atomic mass is 16.2. The van der Waals surface area contributed by atoms with Gasteiger partial charge in [0.05, 0.1) is 6.04 Å². The number of amides is 1. The molecule has 0 bridgehead atoms. The summed E-state index contributed by atoms with van der Waals surface area (Å²) in [5, 5.41) is 3.05. The molecule has 1 atom stereocenters. The molecule has 1 saturated carbocycles. The summed E-state index contributed by atoms with van der Waals surface area (Å²) in [5.41, 5.74) is 2.56. The van der Waals surface area contributed by atoms with Crippen LogP contribution < -0.4 is 5.32 Å². The monoisotopic (exact) mass is 246 g/mol. The smallest absolute Gasteiger partial charge is 0.237 e.